The van der Waals surface area contributed by atoms with Gasteiger partial charge in [0.1, 0.15) is 5.69 Å². The molecule has 2 bridgehead atoms. The highest BCUT2D eigenvalue weighted by atomic mass is 35.5. The number of pyridine rings is 1. The van der Waals surface area contributed by atoms with E-state index in [0.29, 0.717) is 16.6 Å². The number of fused-ring (bicyclic) bond motifs is 4. The van der Waals surface area contributed by atoms with Crippen molar-refractivity contribution in [3.05, 3.63) is 28.4 Å². The molecule has 110 valence electrons. The topological polar surface area (TPSA) is 45.2 Å². The van der Waals surface area contributed by atoms with E-state index in [0.717, 1.165) is 16.6 Å². The fourth-order valence-electron chi connectivity index (χ4n) is 3.40. The molecule has 0 radical (unpaired) electrons. The number of carbonyl (C=O) groups excluding carboxylic acids is 1. The Kier molecular flexibility index (Phi) is 3.36. The lowest BCUT2D eigenvalue weighted by molar-refractivity contribution is 0.0618. The number of nitrogens with zero attached hydrogens (tertiary/aromatic N) is 2. The fraction of sp³-hybridized carbons (Fsp3) is 0.467. The second-order valence-corrected chi connectivity index (χ2v) is 7.19. The predicted molar refractivity (Wildman–Crippen MR) is 85.0 cm³/mol. The van der Waals surface area contributed by atoms with Gasteiger partial charge in [-0.3, -0.25) is 4.79 Å². The Morgan fingerprint density at radius 3 is 2.95 bits per heavy atom. The minimum Gasteiger partial charge on any atom is -0.346 e. The van der Waals surface area contributed by atoms with Crippen molar-refractivity contribution >= 4 is 38.9 Å². The van der Waals surface area contributed by atoms with E-state index < -0.39 is 0 Å². The van der Waals surface area contributed by atoms with Crippen molar-refractivity contribution in [1.82, 2.24) is 15.2 Å². The number of halogens is 1. The summed E-state index contributed by atoms with van der Waals surface area (Å²) < 4.78 is 1.01. The number of hydrogen-bond donors (Lipinski definition) is 1. The van der Waals surface area contributed by atoms with Gasteiger partial charge in [0.2, 0.25) is 0 Å². The van der Waals surface area contributed by atoms with Gasteiger partial charge < -0.3 is 10.2 Å². The Balaban J connectivity index is 1.54. The standard InChI is InChI=1S/C15H16ClN3OS/c16-11-8-21-14-6-17-12(5-10(11)14)15(20)18-13-7-19-3-1-9(13)2-4-19/h5-6,8-9,13H,1-4,7H2,(H,18,20)/t13-/m0/s1. The van der Waals surface area contributed by atoms with E-state index in [-0.39, 0.29) is 11.9 Å². The molecule has 0 unspecified atom stereocenters. The third-order valence-corrected chi connectivity index (χ3v) is 5.99. The van der Waals surface area contributed by atoms with Crippen LogP contribution >= 0.6 is 22.9 Å². The highest BCUT2D eigenvalue weighted by molar-refractivity contribution is 7.17. The average molecular weight is 322 g/mol. The molecule has 5 rings (SSSR count). The molecule has 21 heavy (non-hydrogen) atoms. The third-order valence-electron chi connectivity index (χ3n) is 4.62. The van der Waals surface area contributed by atoms with Crippen LogP contribution in [0.15, 0.2) is 17.6 Å². The molecule has 0 saturated carbocycles. The van der Waals surface area contributed by atoms with Gasteiger partial charge in [-0.2, -0.15) is 0 Å². The first-order valence-electron chi connectivity index (χ1n) is 7.26. The molecule has 1 N–H and O–H groups in total. The second-order valence-electron chi connectivity index (χ2n) is 5.87. The van der Waals surface area contributed by atoms with Gasteiger partial charge in [-0.05, 0) is 37.9 Å². The zero-order valence-electron chi connectivity index (χ0n) is 11.5. The quantitative estimate of drug-likeness (QED) is 0.925. The molecule has 0 spiro atoms. The number of thiophene rings is 1. The van der Waals surface area contributed by atoms with Crippen LogP contribution in [0.1, 0.15) is 23.3 Å². The number of nitrogens with one attached hydrogen (secondary N) is 1. The van der Waals surface area contributed by atoms with E-state index in [1.54, 1.807) is 23.6 Å². The van der Waals surface area contributed by atoms with Gasteiger partial charge in [0.15, 0.2) is 0 Å². The maximum absolute atomic E-state index is 12.4. The summed E-state index contributed by atoms with van der Waals surface area (Å²) in [5.74, 6) is 0.533. The van der Waals surface area contributed by atoms with Crippen LogP contribution in [0.3, 0.4) is 0 Å². The van der Waals surface area contributed by atoms with Crippen LogP contribution in [0.2, 0.25) is 5.02 Å². The molecule has 2 aromatic rings. The van der Waals surface area contributed by atoms with Crippen LogP contribution in [-0.4, -0.2) is 41.5 Å². The summed E-state index contributed by atoms with van der Waals surface area (Å²) in [7, 11) is 0. The number of hydrogen-bond acceptors (Lipinski definition) is 4. The molecule has 6 heteroatoms. The number of piperidine rings is 3. The molecule has 3 saturated heterocycles. The Bertz CT molecular complexity index is 693. The molecule has 4 nitrogen and oxygen atoms in total. The summed E-state index contributed by atoms with van der Waals surface area (Å²) >= 11 is 7.68. The Hall–Kier alpha value is -1.17. The molecule has 3 aliphatic heterocycles. The highest BCUT2D eigenvalue weighted by Crippen LogP contribution is 2.30. The molecule has 3 fully saturated rings. The molecule has 0 aromatic carbocycles. The molecule has 5 heterocycles. The summed E-state index contributed by atoms with van der Waals surface area (Å²) in [5, 5.41) is 6.64. The van der Waals surface area contributed by atoms with E-state index in [4.69, 9.17) is 11.6 Å². The number of aromatic nitrogens is 1. The summed E-state index contributed by atoms with van der Waals surface area (Å²) in [4.78, 5) is 19.1. The van der Waals surface area contributed by atoms with E-state index in [1.807, 2.05) is 5.38 Å². The van der Waals surface area contributed by atoms with Crippen LogP contribution < -0.4 is 5.32 Å². The molecule has 0 aliphatic carbocycles. The van der Waals surface area contributed by atoms with Gasteiger partial charge in [0.05, 0.1) is 9.72 Å². The summed E-state index contributed by atoms with van der Waals surface area (Å²) in [6.45, 7) is 3.31. The number of carbonyl (C=O) groups is 1. The summed E-state index contributed by atoms with van der Waals surface area (Å²) in [5.41, 5.74) is 0.458. The van der Waals surface area contributed by atoms with Crippen LogP contribution in [0, 0.1) is 5.92 Å². The lowest BCUT2D eigenvalue weighted by atomic mass is 9.84. The van der Waals surface area contributed by atoms with Crippen molar-refractivity contribution in [2.75, 3.05) is 19.6 Å². The van der Waals surface area contributed by atoms with E-state index >= 15 is 0 Å². The zero-order valence-corrected chi connectivity index (χ0v) is 13.1. The normalized spacial score (nSPS) is 28.0. The van der Waals surface area contributed by atoms with E-state index in [2.05, 4.69) is 15.2 Å². The van der Waals surface area contributed by atoms with Gasteiger partial charge in [-0.1, -0.05) is 11.6 Å². The van der Waals surface area contributed by atoms with Gasteiger partial charge in [0.25, 0.3) is 5.91 Å². The minimum atomic E-state index is -0.0853. The lowest BCUT2D eigenvalue weighted by Gasteiger charge is -2.44. The SMILES string of the molecule is O=C(N[C@H]1CN2CCC1CC2)c1cc2c(Cl)csc2cn1. The number of rotatable bonds is 2. The van der Waals surface area contributed by atoms with Gasteiger partial charge in [-0.15, -0.1) is 11.3 Å². The minimum absolute atomic E-state index is 0.0853. The van der Waals surface area contributed by atoms with Crippen LogP contribution in [0.4, 0.5) is 0 Å². The lowest BCUT2D eigenvalue weighted by Crippen LogP contribution is -2.57. The summed E-state index contributed by atoms with van der Waals surface area (Å²) in [6, 6.07) is 2.06. The summed E-state index contributed by atoms with van der Waals surface area (Å²) in [6.07, 6.45) is 4.11. The molecule has 2 aromatic heterocycles. The van der Waals surface area contributed by atoms with Crippen LogP contribution in [-0.2, 0) is 0 Å². The highest BCUT2D eigenvalue weighted by Gasteiger charge is 2.35. The third kappa shape index (κ3) is 2.43. The predicted octanol–water partition coefficient (Wildman–Crippen LogP) is 2.77. The molecule has 3 aliphatic rings. The maximum Gasteiger partial charge on any atom is 0.270 e. The van der Waals surface area contributed by atoms with E-state index in [1.165, 1.54) is 25.9 Å². The first kappa shape index (κ1) is 13.5. The van der Waals surface area contributed by atoms with Crippen LogP contribution in [0.5, 0.6) is 0 Å². The Morgan fingerprint density at radius 1 is 1.43 bits per heavy atom. The van der Waals surface area contributed by atoms with E-state index in [9.17, 15) is 4.79 Å². The molecule has 1 amide bonds. The molecule has 1 atom stereocenters. The van der Waals surface area contributed by atoms with Gasteiger partial charge in [-0.25, -0.2) is 4.98 Å². The molecular formula is C15H16ClN3OS. The fourth-order valence-corrected chi connectivity index (χ4v) is 4.51. The first-order chi connectivity index (χ1) is 10.2. The zero-order chi connectivity index (χ0) is 14.4. The first-order valence-corrected chi connectivity index (χ1v) is 8.52. The van der Waals surface area contributed by atoms with Crippen molar-refractivity contribution in [2.24, 2.45) is 5.92 Å². The van der Waals surface area contributed by atoms with Crippen molar-refractivity contribution in [1.29, 1.82) is 0 Å². The van der Waals surface area contributed by atoms with Crippen molar-refractivity contribution in [3.63, 3.8) is 0 Å². The van der Waals surface area contributed by atoms with Gasteiger partial charge in [0, 0.05) is 29.5 Å². The Labute approximate surface area is 132 Å². The second kappa shape index (κ2) is 5.23. The van der Waals surface area contributed by atoms with Crippen LogP contribution in [0.25, 0.3) is 10.1 Å². The monoisotopic (exact) mass is 321 g/mol. The van der Waals surface area contributed by atoms with Crippen molar-refractivity contribution in [2.45, 2.75) is 18.9 Å². The largest absolute Gasteiger partial charge is 0.346 e. The van der Waals surface area contributed by atoms with Crippen molar-refractivity contribution in [3.8, 4) is 0 Å². The smallest absolute Gasteiger partial charge is 0.270 e. The average Bonchev–Trinajstić information content (AvgIpc) is 2.89. The van der Waals surface area contributed by atoms with Gasteiger partial charge >= 0.3 is 0 Å². The maximum atomic E-state index is 12.4. The Morgan fingerprint density at radius 2 is 2.24 bits per heavy atom. The number of amides is 1. The van der Waals surface area contributed by atoms with Crippen molar-refractivity contribution < 1.29 is 4.79 Å². The molecular weight excluding hydrogens is 306 g/mol.